The fraction of sp³-hybridized carbons (Fsp3) is 0.526. The van der Waals surface area contributed by atoms with E-state index in [1.807, 2.05) is 0 Å². The molecule has 2 saturated carbocycles. The van der Waals surface area contributed by atoms with Crippen LogP contribution in [-0.2, 0) is 57.6 Å². The highest BCUT2D eigenvalue weighted by atomic mass is 32.2. The number of aliphatic carboxylic acids is 1. The Hall–Kier alpha value is -4.04. The maximum absolute atomic E-state index is 13.7. The SMILES string of the molecule is COC(=O)Cc1csc(NC(=O)C(CC2CCCC2)c2ccc(S(C)(=O)=O)c(C(F)(F)F)c2)n1.CS(=O)(=O)c1ccc(C(CC2CCCC2)C(=O)O)cc1C(F)(F)F. The van der Waals surface area contributed by atoms with Crippen LogP contribution < -0.4 is 5.32 Å². The lowest BCUT2D eigenvalue weighted by molar-refractivity contribution is -0.141. The molecular weight excluding hydrogens is 839 g/mol. The zero-order valence-electron chi connectivity index (χ0n) is 31.8. The predicted molar refractivity (Wildman–Crippen MR) is 202 cm³/mol. The molecule has 58 heavy (non-hydrogen) atoms. The quantitative estimate of drug-likeness (QED) is 0.125. The number of hydrogen-bond acceptors (Lipinski definition) is 10. The van der Waals surface area contributed by atoms with Gasteiger partial charge in [-0.05, 0) is 60.1 Å². The summed E-state index contributed by atoms with van der Waals surface area (Å²) in [5, 5.41) is 13.9. The molecule has 11 nitrogen and oxygen atoms in total. The number of ether oxygens (including phenoxy) is 1. The molecule has 2 N–H and O–H groups in total. The molecule has 1 aromatic heterocycles. The zero-order valence-corrected chi connectivity index (χ0v) is 34.2. The molecule has 0 aliphatic heterocycles. The number of thiazole rings is 1. The molecule has 320 valence electrons. The van der Waals surface area contributed by atoms with Crippen molar-refractivity contribution in [1.29, 1.82) is 0 Å². The van der Waals surface area contributed by atoms with Gasteiger partial charge in [0.1, 0.15) is 0 Å². The van der Waals surface area contributed by atoms with Crippen LogP contribution in [0.25, 0.3) is 0 Å². The summed E-state index contributed by atoms with van der Waals surface area (Å²) in [5.74, 6) is -3.87. The van der Waals surface area contributed by atoms with Crippen LogP contribution in [0.5, 0.6) is 0 Å². The summed E-state index contributed by atoms with van der Waals surface area (Å²) in [6, 6.07) is 5.66. The van der Waals surface area contributed by atoms with E-state index in [9.17, 15) is 62.7 Å². The molecule has 2 unspecified atom stereocenters. The molecule has 3 aromatic rings. The van der Waals surface area contributed by atoms with E-state index in [1.165, 1.54) is 19.2 Å². The van der Waals surface area contributed by atoms with Gasteiger partial charge in [-0.1, -0.05) is 63.5 Å². The van der Waals surface area contributed by atoms with Gasteiger partial charge in [0, 0.05) is 17.9 Å². The third-order valence-electron chi connectivity index (χ3n) is 10.3. The van der Waals surface area contributed by atoms with Crippen LogP contribution in [-0.4, -0.2) is 64.4 Å². The molecule has 0 bridgehead atoms. The summed E-state index contributed by atoms with van der Waals surface area (Å²) in [7, 11) is -6.95. The lowest BCUT2D eigenvalue weighted by Gasteiger charge is -2.22. The van der Waals surface area contributed by atoms with Gasteiger partial charge in [0.2, 0.25) is 5.91 Å². The van der Waals surface area contributed by atoms with Gasteiger partial charge in [0.15, 0.2) is 24.8 Å². The minimum Gasteiger partial charge on any atom is -0.481 e. The van der Waals surface area contributed by atoms with E-state index in [1.54, 1.807) is 5.38 Å². The number of halogens is 6. The molecular formula is C38H44F6N2O9S3. The Kier molecular flexibility index (Phi) is 15.2. The first-order valence-corrected chi connectivity index (χ1v) is 22.9. The van der Waals surface area contributed by atoms with Gasteiger partial charge < -0.3 is 15.2 Å². The summed E-state index contributed by atoms with van der Waals surface area (Å²) in [6.07, 6.45) is -0.361. The number of aromatic nitrogens is 1. The van der Waals surface area contributed by atoms with Crippen LogP contribution in [0.15, 0.2) is 51.6 Å². The van der Waals surface area contributed by atoms with Crippen molar-refractivity contribution in [2.45, 2.75) is 105 Å². The van der Waals surface area contributed by atoms with Crippen molar-refractivity contribution >= 4 is 54.0 Å². The van der Waals surface area contributed by atoms with Crippen LogP contribution in [0.2, 0.25) is 0 Å². The molecule has 2 atom stereocenters. The molecule has 2 aliphatic carbocycles. The number of amides is 1. The van der Waals surface area contributed by atoms with Crippen molar-refractivity contribution in [3.8, 4) is 0 Å². The van der Waals surface area contributed by atoms with Gasteiger partial charge >= 0.3 is 24.3 Å². The number of rotatable bonds is 13. The Bertz CT molecular complexity index is 2180. The molecule has 5 rings (SSSR count). The molecule has 1 amide bonds. The van der Waals surface area contributed by atoms with Crippen LogP contribution in [0.1, 0.15) is 104 Å². The lowest BCUT2D eigenvalue weighted by Crippen LogP contribution is -2.24. The van der Waals surface area contributed by atoms with Crippen molar-refractivity contribution in [2.75, 3.05) is 24.9 Å². The molecule has 0 radical (unpaired) electrons. The Labute approximate surface area is 336 Å². The molecule has 20 heteroatoms. The van der Waals surface area contributed by atoms with Gasteiger partial charge in [0.25, 0.3) is 0 Å². The molecule has 0 saturated heterocycles. The molecule has 1 heterocycles. The fourth-order valence-corrected chi connectivity index (χ4v) is 9.90. The van der Waals surface area contributed by atoms with Crippen LogP contribution >= 0.6 is 11.3 Å². The summed E-state index contributed by atoms with van der Waals surface area (Å²) in [4.78, 5) is 38.7. The van der Waals surface area contributed by atoms with Gasteiger partial charge in [-0.15, -0.1) is 11.3 Å². The standard InChI is InChI=1S/C22H25F3N2O5S2.C16H19F3O4S/c1-32-19(28)11-15-12-33-21(26-15)27-20(29)16(9-13-5-3-4-6-13)14-7-8-18(34(2,30)31)17(10-14)22(23,24)25;1-24(22,23)14-7-6-11(9-13(14)16(17,18)19)12(15(20)21)8-10-4-2-3-5-10/h7-8,10,12-13,16H,3-6,9,11H2,1-2H3,(H,26,27,29);6-7,9-10,12H,2-5,8H2,1H3,(H,20,21). The number of carbonyl (C=O) groups excluding carboxylic acids is 2. The highest BCUT2D eigenvalue weighted by Gasteiger charge is 2.39. The first-order chi connectivity index (χ1) is 26.9. The average Bonchev–Trinajstić information content (AvgIpc) is 3.92. The number of alkyl halides is 6. The van der Waals surface area contributed by atoms with Crippen LogP contribution in [0.3, 0.4) is 0 Å². The third kappa shape index (κ3) is 12.7. The number of carboxylic acids is 1. The second-order valence-corrected chi connectivity index (χ2v) is 19.5. The number of carboxylic acid groups (broad SMARTS) is 1. The van der Waals surface area contributed by atoms with E-state index < -0.39 is 82.6 Å². The number of benzene rings is 2. The minimum atomic E-state index is -4.90. The number of esters is 1. The molecule has 2 fully saturated rings. The topological polar surface area (TPSA) is 174 Å². The summed E-state index contributed by atoms with van der Waals surface area (Å²) in [5.41, 5.74) is -2.10. The Morgan fingerprint density at radius 1 is 0.793 bits per heavy atom. The average molecular weight is 883 g/mol. The second-order valence-electron chi connectivity index (χ2n) is 14.7. The summed E-state index contributed by atoms with van der Waals surface area (Å²) < 4.78 is 132. The molecule has 2 aromatic carbocycles. The number of carbonyl (C=O) groups is 3. The number of anilines is 1. The predicted octanol–water partition coefficient (Wildman–Crippen LogP) is 8.44. The van der Waals surface area contributed by atoms with Crippen molar-refractivity contribution in [1.82, 2.24) is 4.98 Å². The monoisotopic (exact) mass is 882 g/mol. The van der Waals surface area contributed by atoms with Gasteiger partial charge in [-0.3, -0.25) is 14.4 Å². The van der Waals surface area contributed by atoms with Crippen LogP contribution in [0.4, 0.5) is 31.5 Å². The van der Waals surface area contributed by atoms with Crippen molar-refractivity contribution in [3.05, 3.63) is 69.7 Å². The van der Waals surface area contributed by atoms with E-state index >= 15 is 0 Å². The van der Waals surface area contributed by atoms with E-state index in [4.69, 9.17) is 0 Å². The highest BCUT2D eigenvalue weighted by Crippen LogP contribution is 2.41. The number of methoxy groups -OCH3 is 1. The smallest absolute Gasteiger partial charge is 0.417 e. The fourth-order valence-electron chi connectivity index (χ4n) is 7.41. The largest absolute Gasteiger partial charge is 0.481 e. The van der Waals surface area contributed by atoms with Gasteiger partial charge in [-0.2, -0.15) is 26.3 Å². The van der Waals surface area contributed by atoms with Crippen LogP contribution in [0, 0.1) is 11.8 Å². The number of nitrogens with one attached hydrogen (secondary N) is 1. The number of sulfone groups is 2. The zero-order chi connectivity index (χ0) is 43.2. The molecule has 2 aliphatic rings. The van der Waals surface area contributed by atoms with Gasteiger partial charge in [0.05, 0.1) is 52.0 Å². The number of nitrogens with zero attached hydrogens (tertiary/aromatic N) is 1. The van der Waals surface area contributed by atoms with Crippen molar-refractivity contribution in [2.24, 2.45) is 11.8 Å². The summed E-state index contributed by atoms with van der Waals surface area (Å²) >= 11 is 1.09. The van der Waals surface area contributed by atoms with E-state index in [0.29, 0.717) is 30.7 Å². The minimum absolute atomic E-state index is 0.00544. The Morgan fingerprint density at radius 3 is 1.62 bits per heavy atom. The third-order valence-corrected chi connectivity index (χ3v) is 13.4. The van der Waals surface area contributed by atoms with E-state index in [2.05, 4.69) is 15.0 Å². The highest BCUT2D eigenvalue weighted by molar-refractivity contribution is 7.91. The Morgan fingerprint density at radius 2 is 1.22 bits per heavy atom. The maximum atomic E-state index is 13.7. The van der Waals surface area contributed by atoms with E-state index in [-0.39, 0.29) is 40.9 Å². The lowest BCUT2D eigenvalue weighted by atomic mass is 9.86. The normalized spacial score (nSPS) is 16.6. The molecule has 0 spiro atoms. The second kappa shape index (κ2) is 18.9. The summed E-state index contributed by atoms with van der Waals surface area (Å²) in [6.45, 7) is 0. The Balaban J connectivity index is 0.000000273. The van der Waals surface area contributed by atoms with Crippen molar-refractivity contribution in [3.63, 3.8) is 0 Å². The van der Waals surface area contributed by atoms with E-state index in [0.717, 1.165) is 80.9 Å². The first-order valence-electron chi connectivity index (χ1n) is 18.3. The number of hydrogen-bond donors (Lipinski definition) is 2. The van der Waals surface area contributed by atoms with Crippen molar-refractivity contribution < 1.29 is 67.4 Å². The van der Waals surface area contributed by atoms with Gasteiger partial charge in [-0.25, -0.2) is 21.8 Å². The maximum Gasteiger partial charge on any atom is 0.417 e. The first kappa shape index (κ1) is 46.6.